The topological polar surface area (TPSA) is 56.0 Å². The monoisotopic (exact) mass is 224 g/mol. The lowest BCUT2D eigenvalue weighted by Gasteiger charge is -2.11. The van der Waals surface area contributed by atoms with Crippen LogP contribution in [-0.2, 0) is 0 Å². The second-order valence-electron chi connectivity index (χ2n) is 3.25. The van der Waals surface area contributed by atoms with E-state index in [0.717, 1.165) is 11.1 Å². The average molecular weight is 225 g/mol. The summed E-state index contributed by atoms with van der Waals surface area (Å²) in [5.74, 6) is 0. The Morgan fingerprint density at radius 2 is 2.33 bits per heavy atom. The lowest BCUT2D eigenvalue weighted by atomic mass is 10.1. The summed E-state index contributed by atoms with van der Waals surface area (Å²) in [5.41, 5.74) is 1.81. The van der Waals surface area contributed by atoms with E-state index < -0.39 is 6.04 Å². The zero-order chi connectivity index (χ0) is 11.3. The highest BCUT2D eigenvalue weighted by Gasteiger charge is 2.10. The Kier molecular flexibility index (Phi) is 4.57. The number of halogens is 1. The molecule has 15 heavy (non-hydrogen) atoms. The summed E-state index contributed by atoms with van der Waals surface area (Å²) in [4.78, 5) is 0. The first-order valence-corrected chi connectivity index (χ1v) is 5.06. The molecule has 1 aromatic carbocycles. The van der Waals surface area contributed by atoms with Crippen LogP contribution >= 0.6 is 11.6 Å². The number of rotatable bonds is 4. The number of nitrogens with one attached hydrogen (secondary N) is 1. The van der Waals surface area contributed by atoms with Gasteiger partial charge in [-0.2, -0.15) is 5.26 Å². The van der Waals surface area contributed by atoms with E-state index in [2.05, 4.69) is 11.4 Å². The van der Waals surface area contributed by atoms with Gasteiger partial charge < -0.3 is 5.11 Å². The van der Waals surface area contributed by atoms with Crippen molar-refractivity contribution in [2.75, 3.05) is 13.2 Å². The van der Waals surface area contributed by atoms with Crippen LogP contribution in [0.1, 0.15) is 17.2 Å². The van der Waals surface area contributed by atoms with Gasteiger partial charge in [0.2, 0.25) is 0 Å². The van der Waals surface area contributed by atoms with Crippen molar-refractivity contribution in [2.45, 2.75) is 13.0 Å². The molecule has 0 bridgehead atoms. The Bertz CT molecular complexity index is 373. The molecule has 1 atom stereocenters. The Hall–Kier alpha value is -1.08. The van der Waals surface area contributed by atoms with Crippen LogP contribution in [0, 0.1) is 18.3 Å². The summed E-state index contributed by atoms with van der Waals surface area (Å²) < 4.78 is 0. The van der Waals surface area contributed by atoms with E-state index in [0.29, 0.717) is 11.6 Å². The molecule has 0 aliphatic rings. The second kappa shape index (κ2) is 5.72. The van der Waals surface area contributed by atoms with Crippen molar-refractivity contribution >= 4 is 11.6 Å². The standard InChI is InChI=1S/C11H13ClN2O/c1-8-2-3-9(6-10(8)12)11(7-13)14-4-5-15/h2-3,6,11,14-15H,4-5H2,1H3. The molecule has 0 aliphatic heterocycles. The van der Waals surface area contributed by atoms with Crippen LogP contribution in [0.5, 0.6) is 0 Å². The van der Waals surface area contributed by atoms with Crippen LogP contribution in [0.4, 0.5) is 0 Å². The molecule has 0 fully saturated rings. The minimum atomic E-state index is -0.421. The molecule has 4 heteroatoms. The lowest BCUT2D eigenvalue weighted by molar-refractivity contribution is 0.289. The predicted molar refractivity (Wildman–Crippen MR) is 59.6 cm³/mol. The first kappa shape index (κ1) is 12.0. The first-order chi connectivity index (χ1) is 7.19. The summed E-state index contributed by atoms with van der Waals surface area (Å²) in [6, 6.07) is 7.21. The molecule has 0 spiro atoms. The normalized spacial score (nSPS) is 12.1. The minimum absolute atomic E-state index is 0.0117. The van der Waals surface area contributed by atoms with Gasteiger partial charge in [-0.15, -0.1) is 0 Å². The van der Waals surface area contributed by atoms with Gasteiger partial charge in [-0.05, 0) is 24.1 Å². The van der Waals surface area contributed by atoms with Crippen molar-refractivity contribution in [3.05, 3.63) is 34.3 Å². The summed E-state index contributed by atoms with van der Waals surface area (Å²) in [5, 5.41) is 21.2. The van der Waals surface area contributed by atoms with E-state index in [9.17, 15) is 0 Å². The van der Waals surface area contributed by atoms with Gasteiger partial charge in [0.1, 0.15) is 6.04 Å². The van der Waals surface area contributed by atoms with E-state index in [1.54, 1.807) is 6.07 Å². The van der Waals surface area contributed by atoms with Crippen LogP contribution in [0.25, 0.3) is 0 Å². The molecule has 0 aromatic heterocycles. The second-order valence-corrected chi connectivity index (χ2v) is 3.66. The zero-order valence-corrected chi connectivity index (χ0v) is 9.25. The van der Waals surface area contributed by atoms with Gasteiger partial charge in [0.05, 0.1) is 12.7 Å². The quantitative estimate of drug-likeness (QED) is 0.820. The average Bonchev–Trinajstić information content (AvgIpc) is 2.24. The van der Waals surface area contributed by atoms with E-state index in [4.69, 9.17) is 22.0 Å². The van der Waals surface area contributed by atoms with E-state index in [1.807, 2.05) is 19.1 Å². The van der Waals surface area contributed by atoms with Crippen molar-refractivity contribution in [2.24, 2.45) is 0 Å². The van der Waals surface area contributed by atoms with Crippen molar-refractivity contribution in [1.82, 2.24) is 5.32 Å². The number of hydrogen-bond acceptors (Lipinski definition) is 3. The third kappa shape index (κ3) is 3.21. The van der Waals surface area contributed by atoms with E-state index in [1.165, 1.54) is 0 Å². The lowest BCUT2D eigenvalue weighted by Crippen LogP contribution is -2.23. The van der Waals surface area contributed by atoms with Gasteiger partial charge in [-0.3, -0.25) is 5.32 Å². The van der Waals surface area contributed by atoms with Crippen LogP contribution < -0.4 is 5.32 Å². The summed E-state index contributed by atoms with van der Waals surface area (Å²) in [6.07, 6.45) is 0. The minimum Gasteiger partial charge on any atom is -0.395 e. The fraction of sp³-hybridized carbons (Fsp3) is 0.364. The molecule has 80 valence electrons. The number of nitrogens with zero attached hydrogens (tertiary/aromatic N) is 1. The summed E-state index contributed by atoms with van der Waals surface area (Å²) in [7, 11) is 0. The van der Waals surface area contributed by atoms with E-state index >= 15 is 0 Å². The number of aliphatic hydroxyl groups excluding tert-OH is 1. The Morgan fingerprint density at radius 1 is 1.60 bits per heavy atom. The van der Waals surface area contributed by atoms with Gasteiger partial charge in [0, 0.05) is 11.6 Å². The third-order valence-corrected chi connectivity index (χ3v) is 2.53. The number of aryl methyl sites for hydroxylation is 1. The fourth-order valence-corrected chi connectivity index (χ4v) is 1.42. The van der Waals surface area contributed by atoms with Crippen molar-refractivity contribution in [1.29, 1.82) is 5.26 Å². The number of benzene rings is 1. The third-order valence-electron chi connectivity index (χ3n) is 2.12. The van der Waals surface area contributed by atoms with E-state index in [-0.39, 0.29) is 6.61 Å². The zero-order valence-electron chi connectivity index (χ0n) is 8.50. The molecule has 3 nitrogen and oxygen atoms in total. The highest BCUT2D eigenvalue weighted by Crippen LogP contribution is 2.20. The van der Waals surface area contributed by atoms with Crippen LogP contribution in [0.2, 0.25) is 5.02 Å². The molecule has 2 N–H and O–H groups in total. The van der Waals surface area contributed by atoms with Crippen LogP contribution in [0.15, 0.2) is 18.2 Å². The van der Waals surface area contributed by atoms with Crippen molar-refractivity contribution < 1.29 is 5.11 Å². The Labute approximate surface area is 94.3 Å². The van der Waals surface area contributed by atoms with Crippen molar-refractivity contribution in [3.63, 3.8) is 0 Å². The molecule has 1 aromatic rings. The first-order valence-electron chi connectivity index (χ1n) is 4.69. The molecule has 0 aliphatic carbocycles. The van der Waals surface area contributed by atoms with Crippen LogP contribution in [-0.4, -0.2) is 18.3 Å². The van der Waals surface area contributed by atoms with Gasteiger partial charge in [0.25, 0.3) is 0 Å². The van der Waals surface area contributed by atoms with Gasteiger partial charge in [-0.1, -0.05) is 23.7 Å². The van der Waals surface area contributed by atoms with Gasteiger partial charge in [0.15, 0.2) is 0 Å². The Balaban J connectivity index is 2.84. The molecular formula is C11H13ClN2O. The fourth-order valence-electron chi connectivity index (χ4n) is 1.24. The van der Waals surface area contributed by atoms with Gasteiger partial charge in [-0.25, -0.2) is 0 Å². The molecule has 0 saturated heterocycles. The largest absolute Gasteiger partial charge is 0.395 e. The molecular weight excluding hydrogens is 212 g/mol. The highest BCUT2D eigenvalue weighted by molar-refractivity contribution is 6.31. The van der Waals surface area contributed by atoms with Crippen molar-refractivity contribution in [3.8, 4) is 6.07 Å². The number of aliphatic hydroxyl groups is 1. The smallest absolute Gasteiger partial charge is 0.121 e. The molecule has 0 radical (unpaired) electrons. The number of hydrogen-bond donors (Lipinski definition) is 2. The molecule has 0 amide bonds. The molecule has 1 rings (SSSR count). The maximum absolute atomic E-state index is 8.93. The van der Waals surface area contributed by atoms with Crippen LogP contribution in [0.3, 0.4) is 0 Å². The maximum atomic E-state index is 8.93. The molecule has 0 saturated carbocycles. The van der Waals surface area contributed by atoms with Gasteiger partial charge >= 0.3 is 0 Å². The summed E-state index contributed by atoms with van der Waals surface area (Å²) in [6.45, 7) is 2.32. The Morgan fingerprint density at radius 3 is 2.87 bits per heavy atom. The molecule has 1 unspecified atom stereocenters. The maximum Gasteiger partial charge on any atom is 0.121 e. The summed E-state index contributed by atoms with van der Waals surface area (Å²) >= 11 is 5.96. The predicted octanol–water partition coefficient (Wildman–Crippen LogP) is 1.79. The number of nitriles is 1. The molecule has 0 heterocycles. The highest BCUT2D eigenvalue weighted by atomic mass is 35.5. The SMILES string of the molecule is Cc1ccc(C(C#N)NCCO)cc1Cl.